The zero-order valence-corrected chi connectivity index (χ0v) is 13.5. The van der Waals surface area contributed by atoms with E-state index >= 15 is 0 Å². The number of nitrogens with zero attached hydrogens (tertiary/aromatic N) is 1. The van der Waals surface area contributed by atoms with Crippen LogP contribution in [-0.4, -0.2) is 19.4 Å². The minimum atomic E-state index is 0.381. The maximum Gasteiger partial charge on any atom is 0.134 e. The standard InChI is InChI=1S/C19H23NO2/c1-4-7-16-10-12-17(13-11-16)22-14-19(20-21-3)18-9-6-5-8-15(18)2/h5-6,8-13H,4,7,14H2,1-3H3. The summed E-state index contributed by atoms with van der Waals surface area (Å²) in [6.45, 7) is 4.62. The maximum atomic E-state index is 5.85. The number of hydrogen-bond acceptors (Lipinski definition) is 3. The lowest BCUT2D eigenvalue weighted by Gasteiger charge is -2.11. The van der Waals surface area contributed by atoms with E-state index in [1.54, 1.807) is 7.11 Å². The van der Waals surface area contributed by atoms with Gasteiger partial charge in [-0.05, 0) is 36.6 Å². The molecule has 0 saturated carbocycles. The van der Waals surface area contributed by atoms with Crippen molar-refractivity contribution in [3.05, 3.63) is 65.2 Å². The molecule has 0 aromatic heterocycles. The summed E-state index contributed by atoms with van der Waals surface area (Å²) in [4.78, 5) is 4.96. The lowest BCUT2D eigenvalue weighted by Crippen LogP contribution is -2.14. The third-order valence-corrected chi connectivity index (χ3v) is 3.50. The van der Waals surface area contributed by atoms with Crippen LogP contribution >= 0.6 is 0 Å². The SMILES string of the molecule is CCCc1ccc(OCC(=NOC)c2ccccc2C)cc1. The first-order chi connectivity index (χ1) is 10.7. The molecule has 0 heterocycles. The summed E-state index contributed by atoms with van der Waals surface area (Å²) in [5.41, 5.74) is 4.32. The van der Waals surface area contributed by atoms with E-state index in [2.05, 4.69) is 37.2 Å². The third-order valence-electron chi connectivity index (χ3n) is 3.50. The van der Waals surface area contributed by atoms with Crippen molar-refractivity contribution in [1.82, 2.24) is 0 Å². The van der Waals surface area contributed by atoms with Gasteiger partial charge >= 0.3 is 0 Å². The second-order valence-electron chi connectivity index (χ2n) is 5.22. The van der Waals surface area contributed by atoms with E-state index in [0.717, 1.165) is 35.4 Å². The fourth-order valence-corrected chi connectivity index (χ4v) is 2.35. The van der Waals surface area contributed by atoms with Gasteiger partial charge in [0.15, 0.2) is 0 Å². The zero-order valence-electron chi connectivity index (χ0n) is 13.5. The number of hydrogen-bond donors (Lipinski definition) is 0. The lowest BCUT2D eigenvalue weighted by atomic mass is 10.0. The largest absolute Gasteiger partial charge is 0.487 e. The van der Waals surface area contributed by atoms with E-state index < -0.39 is 0 Å². The maximum absolute atomic E-state index is 5.85. The number of oxime groups is 1. The number of rotatable bonds is 7. The van der Waals surface area contributed by atoms with Crippen molar-refractivity contribution in [2.45, 2.75) is 26.7 Å². The van der Waals surface area contributed by atoms with E-state index in [1.807, 2.05) is 30.3 Å². The van der Waals surface area contributed by atoms with Gasteiger partial charge in [-0.3, -0.25) is 0 Å². The second kappa shape index (κ2) is 8.23. The van der Waals surface area contributed by atoms with Crippen molar-refractivity contribution in [3.63, 3.8) is 0 Å². The molecule has 2 aromatic rings. The minimum absolute atomic E-state index is 0.381. The van der Waals surface area contributed by atoms with Crippen molar-refractivity contribution in [2.24, 2.45) is 5.16 Å². The van der Waals surface area contributed by atoms with Gasteiger partial charge in [0.25, 0.3) is 0 Å². The van der Waals surface area contributed by atoms with E-state index in [0.29, 0.717) is 6.61 Å². The summed E-state index contributed by atoms with van der Waals surface area (Å²) >= 11 is 0. The fourth-order valence-electron chi connectivity index (χ4n) is 2.35. The van der Waals surface area contributed by atoms with Gasteiger partial charge in [0.1, 0.15) is 25.2 Å². The van der Waals surface area contributed by atoms with E-state index in [-0.39, 0.29) is 0 Å². The van der Waals surface area contributed by atoms with Crippen molar-refractivity contribution >= 4 is 5.71 Å². The number of benzene rings is 2. The van der Waals surface area contributed by atoms with Gasteiger partial charge in [0.05, 0.1) is 0 Å². The molecule has 0 N–H and O–H groups in total. The average Bonchev–Trinajstić information content (AvgIpc) is 2.54. The van der Waals surface area contributed by atoms with Gasteiger partial charge in [-0.2, -0.15) is 0 Å². The third kappa shape index (κ3) is 4.35. The van der Waals surface area contributed by atoms with Crippen LogP contribution in [0.4, 0.5) is 0 Å². The molecule has 0 saturated heterocycles. The van der Waals surface area contributed by atoms with Crippen molar-refractivity contribution in [3.8, 4) is 5.75 Å². The van der Waals surface area contributed by atoms with Gasteiger partial charge < -0.3 is 9.57 Å². The molecule has 3 heteroatoms. The van der Waals surface area contributed by atoms with Crippen LogP contribution in [0, 0.1) is 6.92 Å². The van der Waals surface area contributed by atoms with Crippen LogP contribution in [0.1, 0.15) is 30.0 Å². The Balaban J connectivity index is 2.06. The molecule has 0 aliphatic carbocycles. The number of ether oxygens (including phenoxy) is 1. The minimum Gasteiger partial charge on any atom is -0.487 e. The van der Waals surface area contributed by atoms with Gasteiger partial charge in [-0.15, -0.1) is 0 Å². The predicted molar refractivity (Wildman–Crippen MR) is 90.7 cm³/mol. The number of aryl methyl sites for hydroxylation is 2. The Hall–Kier alpha value is -2.29. The van der Waals surface area contributed by atoms with Crippen molar-refractivity contribution in [1.29, 1.82) is 0 Å². The molecule has 0 unspecified atom stereocenters. The van der Waals surface area contributed by atoms with Crippen LogP contribution in [0.3, 0.4) is 0 Å². The summed E-state index contributed by atoms with van der Waals surface area (Å²) in [6, 6.07) is 16.3. The second-order valence-corrected chi connectivity index (χ2v) is 5.22. The van der Waals surface area contributed by atoms with Crippen LogP contribution < -0.4 is 4.74 Å². The highest BCUT2D eigenvalue weighted by molar-refractivity contribution is 6.02. The van der Waals surface area contributed by atoms with Gasteiger partial charge in [-0.25, -0.2) is 0 Å². The molecule has 2 aromatic carbocycles. The summed E-state index contributed by atoms with van der Waals surface area (Å²) in [7, 11) is 1.55. The molecule has 0 amide bonds. The first kappa shape index (κ1) is 16.1. The van der Waals surface area contributed by atoms with Crippen LogP contribution in [0.15, 0.2) is 53.7 Å². The fraction of sp³-hybridized carbons (Fsp3) is 0.316. The Morgan fingerprint density at radius 3 is 2.41 bits per heavy atom. The van der Waals surface area contributed by atoms with E-state index in [4.69, 9.17) is 9.57 Å². The lowest BCUT2D eigenvalue weighted by molar-refractivity contribution is 0.210. The zero-order chi connectivity index (χ0) is 15.8. The monoisotopic (exact) mass is 297 g/mol. The quantitative estimate of drug-likeness (QED) is 0.561. The highest BCUT2D eigenvalue weighted by atomic mass is 16.6. The first-order valence-corrected chi connectivity index (χ1v) is 7.62. The highest BCUT2D eigenvalue weighted by Crippen LogP contribution is 2.15. The van der Waals surface area contributed by atoms with Gasteiger partial charge in [0.2, 0.25) is 0 Å². The molecular weight excluding hydrogens is 274 g/mol. The molecule has 0 bridgehead atoms. The summed E-state index contributed by atoms with van der Waals surface area (Å²) < 4.78 is 5.85. The summed E-state index contributed by atoms with van der Waals surface area (Å²) in [5.74, 6) is 0.845. The average molecular weight is 297 g/mol. The molecule has 3 nitrogen and oxygen atoms in total. The van der Waals surface area contributed by atoms with Crippen molar-refractivity contribution < 1.29 is 9.57 Å². The summed E-state index contributed by atoms with van der Waals surface area (Å²) in [5, 5.41) is 4.11. The van der Waals surface area contributed by atoms with Gasteiger partial charge in [-0.1, -0.05) is 54.9 Å². The molecule has 0 aliphatic rings. The van der Waals surface area contributed by atoms with Crippen molar-refractivity contribution in [2.75, 3.05) is 13.7 Å². The molecule has 0 radical (unpaired) electrons. The Morgan fingerprint density at radius 2 is 1.77 bits per heavy atom. The van der Waals surface area contributed by atoms with E-state index in [1.165, 1.54) is 5.56 Å². The predicted octanol–water partition coefficient (Wildman–Crippen LogP) is 4.38. The Bertz CT molecular complexity index is 618. The molecule has 0 atom stereocenters. The Kier molecular flexibility index (Phi) is 6.01. The molecule has 2 rings (SSSR count). The van der Waals surface area contributed by atoms with Crippen LogP contribution in [0.25, 0.3) is 0 Å². The van der Waals surface area contributed by atoms with Crippen LogP contribution in [0.5, 0.6) is 5.75 Å². The molecular formula is C19H23NO2. The Labute approximate surface area is 132 Å². The first-order valence-electron chi connectivity index (χ1n) is 7.62. The normalized spacial score (nSPS) is 11.3. The van der Waals surface area contributed by atoms with Gasteiger partial charge in [0, 0.05) is 5.56 Å². The smallest absolute Gasteiger partial charge is 0.134 e. The van der Waals surface area contributed by atoms with Crippen LogP contribution in [0.2, 0.25) is 0 Å². The molecule has 0 aliphatic heterocycles. The summed E-state index contributed by atoms with van der Waals surface area (Å²) in [6.07, 6.45) is 2.25. The molecule has 116 valence electrons. The molecule has 0 spiro atoms. The van der Waals surface area contributed by atoms with E-state index in [9.17, 15) is 0 Å². The highest BCUT2D eigenvalue weighted by Gasteiger charge is 2.08. The molecule has 22 heavy (non-hydrogen) atoms. The Morgan fingerprint density at radius 1 is 1.05 bits per heavy atom. The van der Waals surface area contributed by atoms with Crippen LogP contribution in [-0.2, 0) is 11.3 Å². The topological polar surface area (TPSA) is 30.8 Å². The molecule has 0 fully saturated rings.